The lowest BCUT2D eigenvalue weighted by molar-refractivity contribution is 0.607. The molecule has 1 aromatic heterocycles. The first kappa shape index (κ1) is 11.4. The normalized spacial score (nSPS) is 10.2. The highest BCUT2D eigenvalue weighted by atomic mass is 19.1. The Hall–Kier alpha value is -2.10. The third-order valence-corrected chi connectivity index (χ3v) is 2.53. The van der Waals surface area contributed by atoms with E-state index >= 15 is 0 Å². The summed E-state index contributed by atoms with van der Waals surface area (Å²) in [6.07, 6.45) is 1.64. The maximum absolute atomic E-state index is 13.5. The van der Waals surface area contributed by atoms with Crippen LogP contribution in [-0.2, 0) is 6.54 Å². The molecule has 0 aliphatic rings. The quantitative estimate of drug-likeness (QED) is 0.882. The Labute approximate surface area is 99.7 Å². The summed E-state index contributed by atoms with van der Waals surface area (Å²) >= 11 is 0. The van der Waals surface area contributed by atoms with Crippen molar-refractivity contribution in [3.63, 3.8) is 0 Å². The molecule has 2 N–H and O–H groups in total. The maximum Gasteiger partial charge on any atom is 0.130 e. The van der Waals surface area contributed by atoms with Gasteiger partial charge in [-0.1, -0.05) is 18.2 Å². The van der Waals surface area contributed by atoms with Gasteiger partial charge in [0.25, 0.3) is 0 Å². The van der Waals surface area contributed by atoms with Gasteiger partial charge in [0.1, 0.15) is 11.6 Å². The predicted octanol–water partition coefficient (Wildman–Crippen LogP) is 2.44. The molecule has 0 unspecified atom stereocenters. The van der Waals surface area contributed by atoms with Crippen molar-refractivity contribution in [3.8, 4) is 0 Å². The van der Waals surface area contributed by atoms with Gasteiger partial charge in [-0.05, 0) is 12.1 Å². The van der Waals surface area contributed by atoms with E-state index in [1.54, 1.807) is 30.5 Å². The number of pyridine rings is 1. The van der Waals surface area contributed by atoms with Crippen LogP contribution in [0.2, 0.25) is 0 Å². The Morgan fingerprint density at radius 1 is 1.29 bits per heavy atom. The molecule has 0 amide bonds. The molecule has 0 saturated carbocycles. The van der Waals surface area contributed by atoms with Crippen molar-refractivity contribution >= 4 is 11.5 Å². The van der Waals surface area contributed by atoms with Gasteiger partial charge in [-0.15, -0.1) is 0 Å². The summed E-state index contributed by atoms with van der Waals surface area (Å²) in [4.78, 5) is 6.04. The van der Waals surface area contributed by atoms with Crippen molar-refractivity contribution in [2.45, 2.75) is 6.54 Å². The van der Waals surface area contributed by atoms with Gasteiger partial charge in [-0.3, -0.25) is 0 Å². The number of aromatic nitrogens is 1. The second-order valence-electron chi connectivity index (χ2n) is 3.89. The van der Waals surface area contributed by atoms with Gasteiger partial charge in [-0.25, -0.2) is 9.37 Å². The third-order valence-electron chi connectivity index (χ3n) is 2.53. The summed E-state index contributed by atoms with van der Waals surface area (Å²) in [6.45, 7) is 0.461. The zero-order chi connectivity index (χ0) is 12.3. The lowest BCUT2D eigenvalue weighted by Crippen LogP contribution is -2.18. The fraction of sp³-hybridized carbons (Fsp3) is 0.154. The van der Waals surface area contributed by atoms with E-state index in [0.29, 0.717) is 17.8 Å². The smallest absolute Gasteiger partial charge is 0.130 e. The molecule has 1 aromatic carbocycles. The monoisotopic (exact) mass is 231 g/mol. The minimum absolute atomic E-state index is 0.205. The van der Waals surface area contributed by atoms with Crippen LogP contribution >= 0.6 is 0 Å². The molecule has 0 bridgehead atoms. The second-order valence-corrected chi connectivity index (χ2v) is 3.89. The molecule has 0 saturated heterocycles. The van der Waals surface area contributed by atoms with E-state index in [2.05, 4.69) is 4.98 Å². The lowest BCUT2D eigenvalue weighted by atomic mass is 10.2. The largest absolute Gasteiger partial charge is 0.399 e. The molecule has 0 atom stereocenters. The van der Waals surface area contributed by atoms with Crippen molar-refractivity contribution < 1.29 is 4.39 Å². The minimum Gasteiger partial charge on any atom is -0.399 e. The number of nitrogen functional groups attached to an aromatic ring is 1. The Balaban J connectivity index is 2.17. The Bertz CT molecular complexity index is 514. The second kappa shape index (κ2) is 4.82. The number of anilines is 2. The van der Waals surface area contributed by atoms with E-state index in [9.17, 15) is 4.39 Å². The Morgan fingerprint density at radius 3 is 2.76 bits per heavy atom. The van der Waals surface area contributed by atoms with Crippen molar-refractivity contribution in [3.05, 3.63) is 54.0 Å². The van der Waals surface area contributed by atoms with Crippen LogP contribution in [0.1, 0.15) is 5.56 Å². The zero-order valence-electron chi connectivity index (χ0n) is 9.60. The first-order chi connectivity index (χ1) is 8.16. The highest BCUT2D eigenvalue weighted by molar-refractivity contribution is 5.50. The number of rotatable bonds is 3. The number of hydrogen-bond acceptors (Lipinski definition) is 3. The van der Waals surface area contributed by atoms with E-state index < -0.39 is 0 Å². The molecule has 0 aliphatic carbocycles. The predicted molar refractivity (Wildman–Crippen MR) is 67.2 cm³/mol. The van der Waals surface area contributed by atoms with Crippen molar-refractivity contribution in [1.82, 2.24) is 4.98 Å². The molecule has 0 aliphatic heterocycles. The number of hydrogen-bond donors (Lipinski definition) is 1. The molecule has 1 heterocycles. The fourth-order valence-corrected chi connectivity index (χ4v) is 1.61. The van der Waals surface area contributed by atoms with Gasteiger partial charge in [0.2, 0.25) is 0 Å². The molecule has 0 radical (unpaired) electrons. The SMILES string of the molecule is CN(Cc1ccccc1F)c1cc(N)ccn1. The number of benzene rings is 1. The summed E-state index contributed by atoms with van der Waals surface area (Å²) in [7, 11) is 1.86. The van der Waals surface area contributed by atoms with Gasteiger partial charge in [0.15, 0.2) is 0 Å². The zero-order valence-corrected chi connectivity index (χ0v) is 9.60. The molecular formula is C13H14FN3. The molecule has 0 spiro atoms. The van der Waals surface area contributed by atoms with Crippen LogP contribution in [-0.4, -0.2) is 12.0 Å². The van der Waals surface area contributed by atoms with Crippen LogP contribution in [0.3, 0.4) is 0 Å². The van der Waals surface area contributed by atoms with Crippen LogP contribution in [0, 0.1) is 5.82 Å². The molecule has 4 heteroatoms. The van der Waals surface area contributed by atoms with Crippen molar-refractivity contribution in [2.24, 2.45) is 0 Å². The standard InChI is InChI=1S/C13H14FN3/c1-17(13-8-11(15)6-7-16-13)9-10-4-2-3-5-12(10)14/h2-8H,9H2,1H3,(H2,15,16). The maximum atomic E-state index is 13.5. The number of nitrogens with zero attached hydrogens (tertiary/aromatic N) is 2. The fourth-order valence-electron chi connectivity index (χ4n) is 1.61. The van der Waals surface area contributed by atoms with E-state index in [1.165, 1.54) is 6.07 Å². The van der Waals surface area contributed by atoms with Crippen molar-refractivity contribution in [2.75, 3.05) is 17.7 Å². The van der Waals surface area contributed by atoms with Crippen LogP contribution in [0.4, 0.5) is 15.9 Å². The van der Waals surface area contributed by atoms with Gasteiger partial charge in [-0.2, -0.15) is 0 Å². The summed E-state index contributed by atoms with van der Waals surface area (Å²) in [5, 5.41) is 0. The van der Waals surface area contributed by atoms with Gasteiger partial charge < -0.3 is 10.6 Å². The van der Waals surface area contributed by atoms with Gasteiger partial charge >= 0.3 is 0 Å². The average molecular weight is 231 g/mol. The van der Waals surface area contributed by atoms with Crippen LogP contribution < -0.4 is 10.6 Å². The number of halogens is 1. The van der Waals surface area contributed by atoms with Crippen LogP contribution in [0.5, 0.6) is 0 Å². The molecule has 0 fully saturated rings. The molecule has 88 valence electrons. The summed E-state index contributed by atoms with van der Waals surface area (Å²) in [5.74, 6) is 0.525. The Kier molecular flexibility index (Phi) is 3.23. The minimum atomic E-state index is -0.205. The highest BCUT2D eigenvalue weighted by Gasteiger charge is 2.06. The molecule has 17 heavy (non-hydrogen) atoms. The molecule has 2 aromatic rings. The first-order valence-electron chi connectivity index (χ1n) is 5.33. The van der Waals surface area contributed by atoms with E-state index in [-0.39, 0.29) is 5.82 Å². The van der Waals surface area contributed by atoms with E-state index in [4.69, 9.17) is 5.73 Å². The molecule has 2 rings (SSSR count). The average Bonchev–Trinajstić information content (AvgIpc) is 2.32. The van der Waals surface area contributed by atoms with Gasteiger partial charge in [0.05, 0.1) is 0 Å². The summed E-state index contributed by atoms with van der Waals surface area (Å²) in [5.41, 5.74) is 6.97. The summed E-state index contributed by atoms with van der Waals surface area (Å²) in [6, 6.07) is 10.2. The molecule has 3 nitrogen and oxygen atoms in total. The first-order valence-corrected chi connectivity index (χ1v) is 5.33. The van der Waals surface area contributed by atoms with Crippen LogP contribution in [0.25, 0.3) is 0 Å². The van der Waals surface area contributed by atoms with Crippen LogP contribution in [0.15, 0.2) is 42.6 Å². The van der Waals surface area contributed by atoms with E-state index in [0.717, 1.165) is 5.82 Å². The summed E-state index contributed by atoms with van der Waals surface area (Å²) < 4.78 is 13.5. The van der Waals surface area contributed by atoms with E-state index in [1.807, 2.05) is 18.0 Å². The highest BCUT2D eigenvalue weighted by Crippen LogP contribution is 2.16. The third kappa shape index (κ3) is 2.72. The lowest BCUT2D eigenvalue weighted by Gasteiger charge is -2.18. The number of nitrogens with two attached hydrogens (primary N) is 1. The van der Waals surface area contributed by atoms with Crippen molar-refractivity contribution in [1.29, 1.82) is 0 Å². The molecular weight excluding hydrogens is 217 g/mol. The topological polar surface area (TPSA) is 42.1 Å². The van der Waals surface area contributed by atoms with Gasteiger partial charge in [0, 0.05) is 37.1 Å². The Morgan fingerprint density at radius 2 is 2.06 bits per heavy atom.